The fraction of sp³-hybridized carbons (Fsp3) is 0.407. The number of hydrogen-bond acceptors (Lipinski definition) is 2. The molecule has 0 saturated heterocycles. The topological polar surface area (TPSA) is 29.5 Å². The van der Waals surface area contributed by atoms with E-state index in [1.165, 1.54) is 10.4 Å². The van der Waals surface area contributed by atoms with E-state index in [0.717, 1.165) is 6.42 Å². The molecular formula is C27H36O2Si2. The maximum atomic E-state index is 10.2. The van der Waals surface area contributed by atoms with Gasteiger partial charge in [-0.25, -0.2) is 0 Å². The highest BCUT2D eigenvalue weighted by atomic mass is 28.4. The molecule has 2 aromatic rings. The van der Waals surface area contributed by atoms with Gasteiger partial charge in [0.1, 0.15) is 14.2 Å². The third-order valence-corrected chi connectivity index (χ3v) is 11.0. The normalized spacial score (nSPS) is 12.9. The summed E-state index contributed by atoms with van der Waals surface area (Å²) in [5.41, 5.74) is 3.20. The Morgan fingerprint density at radius 2 is 1.39 bits per heavy atom. The van der Waals surface area contributed by atoms with Crippen LogP contribution >= 0.6 is 0 Å². The molecule has 0 fully saturated rings. The first-order valence-corrected chi connectivity index (χ1v) is 16.4. The summed E-state index contributed by atoms with van der Waals surface area (Å²) < 4.78 is 6.84. The Bertz CT molecular complexity index is 894. The van der Waals surface area contributed by atoms with Crippen molar-refractivity contribution in [3.8, 4) is 23.3 Å². The van der Waals surface area contributed by atoms with E-state index in [4.69, 9.17) is 4.43 Å². The van der Waals surface area contributed by atoms with E-state index in [9.17, 15) is 5.11 Å². The number of aliphatic hydroxyl groups is 1. The Hall–Kier alpha value is -2.09. The van der Waals surface area contributed by atoms with Gasteiger partial charge in [-0.05, 0) is 40.1 Å². The SMILES string of the molecule is CC(C)(C)[Si](OCCCC(O)C#CC#C[Si](C)(C)C)(c1ccccc1)c1ccccc1. The lowest BCUT2D eigenvalue weighted by atomic mass is 10.2. The molecule has 1 N–H and O–H groups in total. The smallest absolute Gasteiger partial charge is 0.261 e. The third kappa shape index (κ3) is 7.23. The van der Waals surface area contributed by atoms with Crippen molar-refractivity contribution in [2.24, 2.45) is 0 Å². The summed E-state index contributed by atoms with van der Waals surface area (Å²) in [6, 6.07) is 21.3. The summed E-state index contributed by atoms with van der Waals surface area (Å²) in [4.78, 5) is 0. The van der Waals surface area contributed by atoms with Crippen LogP contribution in [-0.4, -0.2) is 34.2 Å². The van der Waals surface area contributed by atoms with Gasteiger partial charge in [-0.1, -0.05) is 107 Å². The van der Waals surface area contributed by atoms with Gasteiger partial charge in [0.25, 0.3) is 8.32 Å². The van der Waals surface area contributed by atoms with E-state index >= 15 is 0 Å². The fourth-order valence-corrected chi connectivity index (χ4v) is 8.72. The van der Waals surface area contributed by atoms with Gasteiger partial charge in [0, 0.05) is 6.61 Å². The molecule has 1 atom stereocenters. The number of benzene rings is 2. The summed E-state index contributed by atoms with van der Waals surface area (Å²) in [5, 5.41) is 12.7. The molecular weight excluding hydrogens is 412 g/mol. The number of aliphatic hydroxyl groups excluding tert-OH is 1. The first-order chi connectivity index (χ1) is 14.6. The average Bonchev–Trinajstić information content (AvgIpc) is 2.71. The maximum absolute atomic E-state index is 10.2. The van der Waals surface area contributed by atoms with Crippen molar-refractivity contribution in [1.82, 2.24) is 0 Å². The van der Waals surface area contributed by atoms with Crippen molar-refractivity contribution in [2.75, 3.05) is 6.61 Å². The second-order valence-electron chi connectivity index (χ2n) is 9.94. The summed E-state index contributed by atoms with van der Waals surface area (Å²) in [6.45, 7) is 14.0. The van der Waals surface area contributed by atoms with Crippen molar-refractivity contribution >= 4 is 26.8 Å². The van der Waals surface area contributed by atoms with Gasteiger partial charge in [0.05, 0.1) is 0 Å². The van der Waals surface area contributed by atoms with Crippen molar-refractivity contribution in [1.29, 1.82) is 0 Å². The average molecular weight is 449 g/mol. The summed E-state index contributed by atoms with van der Waals surface area (Å²) >= 11 is 0. The van der Waals surface area contributed by atoms with Gasteiger partial charge in [0.15, 0.2) is 0 Å². The number of hydrogen-bond donors (Lipinski definition) is 1. The molecule has 2 nitrogen and oxygen atoms in total. The van der Waals surface area contributed by atoms with Crippen LogP contribution in [0, 0.1) is 23.3 Å². The Morgan fingerprint density at radius 1 is 0.871 bits per heavy atom. The molecule has 0 bridgehead atoms. The third-order valence-electron chi connectivity index (χ3n) is 5.10. The quantitative estimate of drug-likeness (QED) is 0.381. The molecule has 1 unspecified atom stereocenters. The first-order valence-electron chi connectivity index (χ1n) is 11.0. The van der Waals surface area contributed by atoms with Gasteiger partial charge in [-0.2, -0.15) is 0 Å². The van der Waals surface area contributed by atoms with Crippen molar-refractivity contribution in [3.05, 3.63) is 60.7 Å². The predicted octanol–water partition coefficient (Wildman–Crippen LogP) is 4.59. The highest BCUT2D eigenvalue weighted by Gasteiger charge is 2.49. The second kappa shape index (κ2) is 11.0. The molecule has 0 aliphatic rings. The predicted molar refractivity (Wildman–Crippen MR) is 138 cm³/mol. The van der Waals surface area contributed by atoms with E-state index in [1.54, 1.807) is 0 Å². The minimum absolute atomic E-state index is 0.0411. The molecule has 0 amide bonds. The molecule has 0 saturated carbocycles. The standard InChI is InChI=1S/C27H36O2Si2/c1-27(2,3)31(25-18-9-7-10-19-25,26-20-11-8-12-21-26)29-22-15-17-24(28)16-13-14-23-30(4,5)6/h7-12,18-21,24,28H,15,17,22H2,1-6H3. The van der Waals surface area contributed by atoms with Gasteiger partial charge in [-0.15, -0.1) is 5.54 Å². The van der Waals surface area contributed by atoms with Crippen LogP contribution in [0.1, 0.15) is 33.6 Å². The van der Waals surface area contributed by atoms with E-state index < -0.39 is 22.5 Å². The zero-order valence-corrected chi connectivity index (χ0v) is 21.8. The molecule has 0 aliphatic heterocycles. The van der Waals surface area contributed by atoms with Crippen LogP contribution in [0.3, 0.4) is 0 Å². The van der Waals surface area contributed by atoms with E-state index in [-0.39, 0.29) is 5.04 Å². The van der Waals surface area contributed by atoms with E-state index in [0.29, 0.717) is 13.0 Å². The van der Waals surface area contributed by atoms with Crippen LogP contribution in [0.2, 0.25) is 24.7 Å². The number of rotatable bonds is 7. The lowest BCUT2D eigenvalue weighted by Crippen LogP contribution is -2.66. The van der Waals surface area contributed by atoms with E-state index in [1.807, 2.05) is 0 Å². The largest absolute Gasteiger partial charge is 0.407 e. The maximum Gasteiger partial charge on any atom is 0.261 e. The molecule has 0 heterocycles. The fourth-order valence-electron chi connectivity index (χ4n) is 3.67. The lowest BCUT2D eigenvalue weighted by Gasteiger charge is -2.43. The molecule has 0 spiro atoms. The van der Waals surface area contributed by atoms with Crippen LogP contribution in [0.25, 0.3) is 0 Å². The summed E-state index contributed by atoms with van der Waals surface area (Å²) in [5.74, 6) is 8.57. The van der Waals surface area contributed by atoms with Gasteiger partial charge in [-0.3, -0.25) is 0 Å². The van der Waals surface area contributed by atoms with Crippen LogP contribution in [0.15, 0.2) is 60.7 Å². The zero-order chi connectivity index (χ0) is 23.0. The highest BCUT2D eigenvalue weighted by Crippen LogP contribution is 2.36. The van der Waals surface area contributed by atoms with Crippen LogP contribution in [0.5, 0.6) is 0 Å². The monoisotopic (exact) mass is 448 g/mol. The summed E-state index contributed by atoms with van der Waals surface area (Å²) in [6.07, 6.45) is 0.667. The van der Waals surface area contributed by atoms with Crippen molar-refractivity contribution in [2.45, 2.75) is 64.4 Å². The molecule has 4 heteroatoms. The first kappa shape index (κ1) is 25.2. The molecule has 31 heavy (non-hydrogen) atoms. The molecule has 2 aromatic carbocycles. The second-order valence-corrected chi connectivity index (χ2v) is 19.0. The van der Waals surface area contributed by atoms with Gasteiger partial charge in [0.2, 0.25) is 0 Å². The molecule has 0 aromatic heterocycles. The molecule has 0 aliphatic carbocycles. The van der Waals surface area contributed by atoms with Gasteiger partial charge < -0.3 is 9.53 Å². The minimum Gasteiger partial charge on any atom is -0.407 e. The summed E-state index contributed by atoms with van der Waals surface area (Å²) in [7, 11) is -3.93. The minimum atomic E-state index is -2.51. The lowest BCUT2D eigenvalue weighted by molar-refractivity contribution is 0.200. The van der Waals surface area contributed by atoms with Crippen LogP contribution in [0.4, 0.5) is 0 Å². The Kier molecular flexibility index (Phi) is 8.92. The molecule has 2 rings (SSSR count). The van der Waals surface area contributed by atoms with Crippen molar-refractivity contribution in [3.63, 3.8) is 0 Å². The Morgan fingerprint density at radius 3 is 1.84 bits per heavy atom. The van der Waals surface area contributed by atoms with E-state index in [2.05, 4.69) is 124 Å². The Balaban J connectivity index is 2.17. The Labute approximate surface area is 191 Å². The van der Waals surface area contributed by atoms with Crippen LogP contribution < -0.4 is 10.4 Å². The van der Waals surface area contributed by atoms with Crippen LogP contribution in [-0.2, 0) is 4.43 Å². The van der Waals surface area contributed by atoms with Crippen molar-refractivity contribution < 1.29 is 9.53 Å². The van der Waals surface area contributed by atoms with Gasteiger partial charge >= 0.3 is 0 Å². The molecule has 164 valence electrons. The molecule has 0 radical (unpaired) electrons. The highest BCUT2D eigenvalue weighted by molar-refractivity contribution is 6.99. The zero-order valence-electron chi connectivity index (χ0n) is 19.8.